The smallest absolute Gasteiger partial charge is 0.329 e. The molecule has 0 radical (unpaired) electrons. The van der Waals surface area contributed by atoms with Crippen molar-refractivity contribution in [2.75, 3.05) is 27.4 Å². The third-order valence-corrected chi connectivity index (χ3v) is 12.9. The summed E-state index contributed by atoms with van der Waals surface area (Å²) in [4.78, 5) is 49.8. The molecule has 13 heteroatoms. The molecular formula is C45H72N2O11. The van der Waals surface area contributed by atoms with Crippen molar-refractivity contribution < 1.29 is 53.5 Å². The van der Waals surface area contributed by atoms with Gasteiger partial charge in [-0.1, -0.05) is 63.2 Å². The number of allylic oxidation sites excluding steroid dienone is 3. The number of ether oxygens (including phenoxy) is 4. The van der Waals surface area contributed by atoms with Crippen LogP contribution in [0.5, 0.6) is 0 Å². The van der Waals surface area contributed by atoms with E-state index < -0.39 is 71.8 Å². The van der Waals surface area contributed by atoms with Gasteiger partial charge >= 0.3 is 5.97 Å². The van der Waals surface area contributed by atoms with Crippen LogP contribution in [-0.4, -0.2) is 119 Å². The van der Waals surface area contributed by atoms with Gasteiger partial charge in [0, 0.05) is 44.9 Å². The molecule has 1 amide bonds. The van der Waals surface area contributed by atoms with Gasteiger partial charge in [-0.25, -0.2) is 4.79 Å². The number of ketones is 1. The van der Waals surface area contributed by atoms with Crippen LogP contribution in [0, 0.1) is 29.6 Å². The number of esters is 1. The van der Waals surface area contributed by atoms with Gasteiger partial charge in [0.2, 0.25) is 5.79 Å². The zero-order valence-corrected chi connectivity index (χ0v) is 36.3. The number of nitrogens with zero attached hydrogens (tertiary/aromatic N) is 2. The first kappa shape index (κ1) is 47.7. The summed E-state index contributed by atoms with van der Waals surface area (Å²) in [5, 5.41) is 38.8. The van der Waals surface area contributed by atoms with Gasteiger partial charge in [-0.15, -0.1) is 0 Å². The molecule has 2 saturated heterocycles. The van der Waals surface area contributed by atoms with E-state index in [1.165, 1.54) is 4.90 Å². The molecule has 3 heterocycles. The summed E-state index contributed by atoms with van der Waals surface area (Å²) >= 11 is 0. The minimum Gasteiger partial charge on any atom is -0.456 e. The maximum absolute atomic E-state index is 14.4. The number of carbonyl (C=O) groups excluding carboxylic acids is 3. The Balaban J connectivity index is 1.81. The molecule has 0 unspecified atom stereocenters. The summed E-state index contributed by atoms with van der Waals surface area (Å²) in [5.74, 6) is -6.68. The maximum Gasteiger partial charge on any atom is 0.329 e. The van der Waals surface area contributed by atoms with E-state index in [0.717, 1.165) is 24.0 Å². The Kier molecular flexibility index (Phi) is 18.2. The Morgan fingerprint density at radius 1 is 1.02 bits per heavy atom. The van der Waals surface area contributed by atoms with E-state index in [0.29, 0.717) is 50.7 Å². The Labute approximate surface area is 346 Å². The topological polar surface area (TPSA) is 174 Å². The first-order chi connectivity index (χ1) is 27.6. The van der Waals surface area contributed by atoms with Gasteiger partial charge in [-0.3, -0.25) is 9.59 Å². The molecule has 1 saturated carbocycles. The average Bonchev–Trinajstić information content (AvgIpc) is 3.21. The second-order valence-electron chi connectivity index (χ2n) is 17.5. The predicted molar refractivity (Wildman–Crippen MR) is 220 cm³/mol. The van der Waals surface area contributed by atoms with Crippen molar-refractivity contribution in [1.82, 2.24) is 4.90 Å². The van der Waals surface area contributed by atoms with Crippen LogP contribution in [0.3, 0.4) is 0 Å². The molecule has 328 valence electrons. The standard InChI is InChI=1S/C45H72N2O11/c1-10-20-56-46-35-26-37(49)31(7)40(29(5)24-32-15-17-34(48)18-16-32)57-44(52)36-14-12-13-19-47(36)43(51)42(50)45(53)30(6)25-39(55-9)41(58-45)38(54-8)23-28(4)21-27(3)22-33(35)11-2/h10,22,24,28,30-34,36-41,48-49,53H,1,11-21,23,25-26H2,2-9H3/b27-22+,29-24+,46-35-/t28-,30+,31+,32-,33+,34-,36-,37-,38-,39-,40+,41+,45+/m0/s1. The Morgan fingerprint density at radius 3 is 2.33 bits per heavy atom. The third kappa shape index (κ3) is 11.9. The molecular weight excluding hydrogens is 744 g/mol. The highest BCUT2D eigenvalue weighted by Gasteiger charge is 2.56. The van der Waals surface area contributed by atoms with Crippen molar-refractivity contribution in [3.63, 3.8) is 0 Å². The summed E-state index contributed by atoms with van der Waals surface area (Å²) in [5.41, 5.74) is 2.50. The fraction of sp³-hybridized carbons (Fsp3) is 0.778. The molecule has 3 N–H and O–H groups in total. The Bertz CT molecular complexity index is 1490. The highest BCUT2D eigenvalue weighted by Crippen LogP contribution is 2.39. The second-order valence-corrected chi connectivity index (χ2v) is 17.5. The molecule has 3 aliphatic heterocycles. The minimum atomic E-state index is -2.48. The Hall–Kier alpha value is -2.94. The first-order valence-corrected chi connectivity index (χ1v) is 21.6. The number of Topliss-reactive ketones (excluding diaryl/α,β-unsaturated/α-hetero) is 1. The molecule has 11 atom stereocenters. The zero-order valence-electron chi connectivity index (χ0n) is 36.3. The summed E-state index contributed by atoms with van der Waals surface area (Å²) in [6, 6.07) is -1.09. The fourth-order valence-corrected chi connectivity index (χ4v) is 9.41. The van der Waals surface area contributed by atoms with Crippen LogP contribution in [0.1, 0.15) is 119 Å². The van der Waals surface area contributed by atoms with Crippen molar-refractivity contribution in [3.8, 4) is 0 Å². The number of aliphatic hydroxyl groups is 3. The van der Waals surface area contributed by atoms with Crippen LogP contribution < -0.4 is 0 Å². The van der Waals surface area contributed by atoms with E-state index in [1.54, 1.807) is 27.2 Å². The molecule has 3 fully saturated rings. The summed E-state index contributed by atoms with van der Waals surface area (Å²) in [6.07, 6.45) is 8.27. The lowest BCUT2D eigenvalue weighted by Crippen LogP contribution is -2.64. The SMILES string of the molecule is C=CCO/N=C1/C[C@H](O)[C@@H](C)[C@@H](/C(C)=C/[C@H]2CC[C@H](O)CC2)OC(=O)[C@@H]2CCCCN2C(=O)C(=O)[C@]2(O)O[C@H]([C@@H](OC)C[C@@H](C)C/C(C)=C/[C@H]1CC)[C@@H](OC)C[C@H]2C. The second kappa shape index (κ2) is 22.1. The minimum absolute atomic E-state index is 0.0712. The van der Waals surface area contributed by atoms with Gasteiger partial charge in [0.05, 0.1) is 30.1 Å². The lowest BCUT2D eigenvalue weighted by molar-refractivity contribution is -0.302. The summed E-state index contributed by atoms with van der Waals surface area (Å²) in [6.45, 7) is 15.7. The lowest BCUT2D eigenvalue weighted by atomic mass is 9.82. The van der Waals surface area contributed by atoms with Gasteiger partial charge in [-0.05, 0) is 102 Å². The molecule has 4 rings (SSSR count). The molecule has 4 aliphatic rings. The number of oxime groups is 1. The largest absolute Gasteiger partial charge is 0.456 e. The molecule has 0 aromatic carbocycles. The van der Waals surface area contributed by atoms with Crippen molar-refractivity contribution in [1.29, 1.82) is 0 Å². The van der Waals surface area contributed by atoms with Crippen molar-refractivity contribution in [2.45, 2.75) is 167 Å². The lowest BCUT2D eigenvalue weighted by Gasteiger charge is -2.47. The van der Waals surface area contributed by atoms with E-state index >= 15 is 0 Å². The number of carbonyl (C=O) groups is 3. The van der Waals surface area contributed by atoms with E-state index in [-0.39, 0.29) is 56.3 Å². The molecule has 2 bridgehead atoms. The van der Waals surface area contributed by atoms with E-state index in [1.807, 2.05) is 13.8 Å². The van der Waals surface area contributed by atoms with Crippen LogP contribution in [0.25, 0.3) is 0 Å². The van der Waals surface area contributed by atoms with Gasteiger partial charge < -0.3 is 44.0 Å². The number of aliphatic hydroxyl groups excluding tert-OH is 2. The van der Waals surface area contributed by atoms with Gasteiger partial charge in [0.1, 0.15) is 24.9 Å². The van der Waals surface area contributed by atoms with Crippen molar-refractivity contribution in [2.24, 2.45) is 34.7 Å². The number of hydrogen-bond acceptors (Lipinski definition) is 12. The molecule has 1 aliphatic carbocycles. The first-order valence-electron chi connectivity index (χ1n) is 21.6. The number of cyclic esters (lactones) is 1. The van der Waals surface area contributed by atoms with Gasteiger partial charge in [-0.2, -0.15) is 0 Å². The van der Waals surface area contributed by atoms with Gasteiger partial charge in [0.25, 0.3) is 11.7 Å². The Morgan fingerprint density at radius 2 is 1.69 bits per heavy atom. The number of methoxy groups -OCH3 is 2. The van der Waals surface area contributed by atoms with Crippen LogP contribution in [0.4, 0.5) is 0 Å². The predicted octanol–water partition coefficient (Wildman–Crippen LogP) is 5.84. The van der Waals surface area contributed by atoms with Crippen LogP contribution in [0.2, 0.25) is 0 Å². The van der Waals surface area contributed by atoms with Crippen LogP contribution in [0.15, 0.2) is 41.1 Å². The molecule has 0 aromatic rings. The normalized spacial score (nSPS) is 39.8. The van der Waals surface area contributed by atoms with E-state index in [2.05, 4.69) is 44.7 Å². The van der Waals surface area contributed by atoms with Crippen LogP contribution in [-0.2, 0) is 38.2 Å². The van der Waals surface area contributed by atoms with Crippen LogP contribution >= 0.6 is 0 Å². The number of rotatable bonds is 8. The number of fused-ring (bicyclic) bond motifs is 3. The fourth-order valence-electron chi connectivity index (χ4n) is 9.41. The highest BCUT2D eigenvalue weighted by molar-refractivity contribution is 6.39. The number of amides is 1. The van der Waals surface area contributed by atoms with Gasteiger partial charge in [0.15, 0.2) is 0 Å². The number of piperidine rings is 1. The zero-order chi connectivity index (χ0) is 42.7. The summed E-state index contributed by atoms with van der Waals surface area (Å²) in [7, 11) is 3.11. The maximum atomic E-state index is 14.4. The molecule has 0 spiro atoms. The highest BCUT2D eigenvalue weighted by atomic mass is 16.7. The molecule has 0 aromatic heterocycles. The molecule has 58 heavy (non-hydrogen) atoms. The van der Waals surface area contributed by atoms with E-state index in [4.69, 9.17) is 23.8 Å². The number of hydrogen-bond donors (Lipinski definition) is 3. The molecule has 13 nitrogen and oxygen atoms in total. The quantitative estimate of drug-likeness (QED) is 0.0884. The monoisotopic (exact) mass is 817 g/mol. The van der Waals surface area contributed by atoms with E-state index in [9.17, 15) is 29.7 Å². The third-order valence-electron chi connectivity index (χ3n) is 12.9. The van der Waals surface area contributed by atoms with Crippen molar-refractivity contribution in [3.05, 3.63) is 36.0 Å². The van der Waals surface area contributed by atoms with Crippen molar-refractivity contribution >= 4 is 23.4 Å². The summed E-state index contributed by atoms with van der Waals surface area (Å²) < 4.78 is 24.5. The average molecular weight is 817 g/mol.